The highest BCUT2D eigenvalue weighted by Crippen LogP contribution is 2.21. The first-order chi connectivity index (χ1) is 14.5. The number of hydrogen-bond donors (Lipinski definition) is 1. The van der Waals surface area contributed by atoms with Crippen LogP contribution in [0.4, 0.5) is 10.1 Å². The molecule has 0 aliphatic heterocycles. The molecule has 0 aliphatic carbocycles. The molecule has 0 saturated carbocycles. The van der Waals surface area contributed by atoms with E-state index in [4.69, 9.17) is 0 Å². The SMILES string of the molecule is Cc1ccnc(-n2c(SCC(=O)Nc3ccc(F)cc3)nc3ccccc3c2=O)c1. The number of nitrogens with one attached hydrogen (secondary N) is 1. The number of halogens is 1. The molecule has 8 heteroatoms. The number of carbonyl (C=O) groups excluding carboxylic acids is 1. The third kappa shape index (κ3) is 4.23. The van der Waals surface area contributed by atoms with Crippen LogP contribution in [0.3, 0.4) is 0 Å². The van der Waals surface area contributed by atoms with Crippen LogP contribution in [0.2, 0.25) is 0 Å². The number of anilines is 1. The van der Waals surface area contributed by atoms with Gasteiger partial charge in [0.2, 0.25) is 5.91 Å². The van der Waals surface area contributed by atoms with Gasteiger partial charge in [-0.05, 0) is 61.0 Å². The maximum Gasteiger partial charge on any atom is 0.267 e. The van der Waals surface area contributed by atoms with Gasteiger partial charge in [0.25, 0.3) is 5.56 Å². The van der Waals surface area contributed by atoms with Crippen LogP contribution in [0.1, 0.15) is 5.56 Å². The van der Waals surface area contributed by atoms with Gasteiger partial charge in [0, 0.05) is 11.9 Å². The fraction of sp³-hybridized carbons (Fsp3) is 0.0909. The van der Waals surface area contributed by atoms with Crippen LogP contribution in [0.5, 0.6) is 0 Å². The largest absolute Gasteiger partial charge is 0.325 e. The lowest BCUT2D eigenvalue weighted by atomic mass is 10.2. The van der Waals surface area contributed by atoms with E-state index in [0.717, 1.165) is 17.3 Å². The molecule has 30 heavy (non-hydrogen) atoms. The third-order valence-electron chi connectivity index (χ3n) is 4.34. The summed E-state index contributed by atoms with van der Waals surface area (Å²) in [5.74, 6) is -0.205. The van der Waals surface area contributed by atoms with E-state index in [1.165, 1.54) is 28.8 Å². The molecule has 1 amide bonds. The Morgan fingerprint density at radius 2 is 1.90 bits per heavy atom. The number of para-hydroxylation sites is 1. The van der Waals surface area contributed by atoms with Gasteiger partial charge in [-0.15, -0.1) is 0 Å². The monoisotopic (exact) mass is 420 g/mol. The van der Waals surface area contributed by atoms with Gasteiger partial charge in [0.15, 0.2) is 5.16 Å². The molecule has 6 nitrogen and oxygen atoms in total. The Labute approximate surface area is 175 Å². The van der Waals surface area contributed by atoms with Crippen LogP contribution < -0.4 is 10.9 Å². The minimum absolute atomic E-state index is 0.0218. The molecule has 0 saturated heterocycles. The summed E-state index contributed by atoms with van der Waals surface area (Å²) < 4.78 is 14.5. The van der Waals surface area contributed by atoms with Crippen molar-refractivity contribution in [2.24, 2.45) is 0 Å². The van der Waals surface area contributed by atoms with Crippen molar-refractivity contribution in [2.45, 2.75) is 12.1 Å². The second kappa shape index (κ2) is 8.46. The summed E-state index contributed by atoms with van der Waals surface area (Å²) in [6.45, 7) is 1.91. The Morgan fingerprint density at radius 3 is 2.67 bits per heavy atom. The van der Waals surface area contributed by atoms with Crippen molar-refractivity contribution in [1.29, 1.82) is 0 Å². The Bertz CT molecular complexity index is 1290. The van der Waals surface area contributed by atoms with Crippen LogP contribution in [0.15, 0.2) is 76.8 Å². The first-order valence-corrected chi connectivity index (χ1v) is 10.1. The molecular weight excluding hydrogens is 403 g/mol. The van der Waals surface area contributed by atoms with E-state index in [9.17, 15) is 14.0 Å². The number of aromatic nitrogens is 3. The molecule has 4 aromatic rings. The van der Waals surface area contributed by atoms with E-state index in [-0.39, 0.29) is 23.0 Å². The molecule has 2 heterocycles. The quantitative estimate of drug-likeness (QED) is 0.391. The summed E-state index contributed by atoms with van der Waals surface area (Å²) in [4.78, 5) is 34.4. The van der Waals surface area contributed by atoms with E-state index in [0.29, 0.717) is 27.6 Å². The first kappa shape index (κ1) is 19.8. The van der Waals surface area contributed by atoms with Crippen LogP contribution in [-0.4, -0.2) is 26.2 Å². The third-order valence-corrected chi connectivity index (χ3v) is 5.27. The van der Waals surface area contributed by atoms with Gasteiger partial charge in [0.05, 0.1) is 16.7 Å². The fourth-order valence-corrected chi connectivity index (χ4v) is 3.71. The smallest absolute Gasteiger partial charge is 0.267 e. The van der Waals surface area contributed by atoms with E-state index in [1.54, 1.807) is 36.5 Å². The lowest BCUT2D eigenvalue weighted by molar-refractivity contribution is -0.113. The lowest BCUT2D eigenvalue weighted by Crippen LogP contribution is -2.23. The normalized spacial score (nSPS) is 10.9. The van der Waals surface area contributed by atoms with Crippen molar-refractivity contribution in [3.63, 3.8) is 0 Å². The minimum atomic E-state index is -0.377. The molecule has 0 unspecified atom stereocenters. The van der Waals surface area contributed by atoms with E-state index in [2.05, 4.69) is 15.3 Å². The number of pyridine rings is 1. The number of benzene rings is 2. The second-order valence-corrected chi connectivity index (χ2v) is 7.53. The molecule has 0 fully saturated rings. The number of amides is 1. The summed E-state index contributed by atoms with van der Waals surface area (Å²) in [7, 11) is 0. The molecule has 4 rings (SSSR count). The topological polar surface area (TPSA) is 76.9 Å². The highest BCUT2D eigenvalue weighted by atomic mass is 32.2. The lowest BCUT2D eigenvalue weighted by Gasteiger charge is -2.13. The van der Waals surface area contributed by atoms with Crippen molar-refractivity contribution in [2.75, 3.05) is 11.1 Å². The summed E-state index contributed by atoms with van der Waals surface area (Å²) in [5, 5.41) is 3.54. The number of nitrogens with zero attached hydrogens (tertiary/aromatic N) is 3. The van der Waals surface area contributed by atoms with Crippen LogP contribution >= 0.6 is 11.8 Å². The fourth-order valence-electron chi connectivity index (χ4n) is 2.91. The Morgan fingerprint density at radius 1 is 1.13 bits per heavy atom. The summed E-state index contributed by atoms with van der Waals surface area (Å²) in [6, 6.07) is 16.2. The van der Waals surface area contributed by atoms with Crippen molar-refractivity contribution >= 4 is 34.3 Å². The number of hydrogen-bond acceptors (Lipinski definition) is 5. The van der Waals surface area contributed by atoms with E-state index in [1.807, 2.05) is 13.0 Å². The van der Waals surface area contributed by atoms with E-state index >= 15 is 0 Å². The second-order valence-electron chi connectivity index (χ2n) is 6.59. The van der Waals surface area contributed by atoms with Crippen LogP contribution in [0.25, 0.3) is 16.7 Å². The first-order valence-electron chi connectivity index (χ1n) is 9.14. The number of fused-ring (bicyclic) bond motifs is 1. The molecule has 0 bridgehead atoms. The van der Waals surface area contributed by atoms with Crippen LogP contribution in [0, 0.1) is 12.7 Å². The highest BCUT2D eigenvalue weighted by Gasteiger charge is 2.15. The number of thioether (sulfide) groups is 1. The molecule has 2 aromatic carbocycles. The van der Waals surface area contributed by atoms with Crippen molar-refractivity contribution in [3.8, 4) is 5.82 Å². The highest BCUT2D eigenvalue weighted by molar-refractivity contribution is 7.99. The number of aryl methyl sites for hydroxylation is 1. The maximum absolute atomic E-state index is 13.2. The van der Waals surface area contributed by atoms with Gasteiger partial charge in [-0.2, -0.15) is 0 Å². The molecule has 0 radical (unpaired) electrons. The predicted octanol–water partition coefficient (Wildman–Crippen LogP) is 3.96. The molecular formula is C22H17FN4O2S. The standard InChI is InChI=1S/C22H17FN4O2S/c1-14-10-11-24-19(12-14)27-21(29)17-4-2-3-5-18(17)26-22(27)30-13-20(28)25-16-8-6-15(23)7-9-16/h2-12H,13H2,1H3,(H,25,28). The van der Waals surface area contributed by atoms with Gasteiger partial charge in [-0.1, -0.05) is 23.9 Å². The average molecular weight is 420 g/mol. The van der Waals surface area contributed by atoms with Crippen molar-refractivity contribution in [1.82, 2.24) is 14.5 Å². The van der Waals surface area contributed by atoms with Gasteiger partial charge in [-0.3, -0.25) is 9.59 Å². The molecule has 0 aliphatic rings. The summed E-state index contributed by atoms with van der Waals surface area (Å²) >= 11 is 1.13. The van der Waals surface area contributed by atoms with Gasteiger partial charge >= 0.3 is 0 Å². The molecule has 2 aromatic heterocycles. The molecule has 0 spiro atoms. The zero-order valence-electron chi connectivity index (χ0n) is 16.0. The Hall–Kier alpha value is -3.52. The van der Waals surface area contributed by atoms with E-state index < -0.39 is 0 Å². The van der Waals surface area contributed by atoms with Crippen LogP contribution in [-0.2, 0) is 4.79 Å². The molecule has 150 valence electrons. The van der Waals surface area contributed by atoms with Crippen molar-refractivity contribution < 1.29 is 9.18 Å². The van der Waals surface area contributed by atoms with Gasteiger partial charge in [0.1, 0.15) is 11.6 Å². The maximum atomic E-state index is 13.2. The summed E-state index contributed by atoms with van der Waals surface area (Å²) in [5.41, 5.74) is 1.74. The molecule has 0 atom stereocenters. The Balaban J connectivity index is 1.67. The number of carbonyl (C=O) groups is 1. The predicted molar refractivity (Wildman–Crippen MR) is 116 cm³/mol. The van der Waals surface area contributed by atoms with Gasteiger partial charge < -0.3 is 5.32 Å². The average Bonchev–Trinajstić information content (AvgIpc) is 2.74. The zero-order chi connectivity index (χ0) is 21.1. The molecule has 1 N–H and O–H groups in total. The Kier molecular flexibility index (Phi) is 5.58. The summed E-state index contributed by atoms with van der Waals surface area (Å²) in [6.07, 6.45) is 1.63. The minimum Gasteiger partial charge on any atom is -0.325 e. The zero-order valence-corrected chi connectivity index (χ0v) is 16.8. The van der Waals surface area contributed by atoms with Crippen molar-refractivity contribution in [3.05, 3.63) is 88.6 Å². The number of rotatable bonds is 5. The van der Waals surface area contributed by atoms with Gasteiger partial charge in [-0.25, -0.2) is 18.9 Å².